The fraction of sp³-hybridized carbons (Fsp3) is 0.484. The zero-order chi connectivity index (χ0) is 27.3. The second-order valence-corrected chi connectivity index (χ2v) is 10.8. The Balaban J connectivity index is 0.938. The van der Waals surface area contributed by atoms with Gasteiger partial charge >= 0.3 is 6.16 Å². The number of anilines is 2. The van der Waals surface area contributed by atoms with Gasteiger partial charge in [0.05, 0.1) is 6.61 Å². The predicted molar refractivity (Wildman–Crippen MR) is 154 cm³/mol. The maximum atomic E-state index is 11.9. The first-order valence-electron chi connectivity index (χ1n) is 14.5. The number of nitrogens with zero attached hydrogens (tertiary/aromatic N) is 4. The number of aliphatic hydroxyl groups is 1. The molecule has 9 heteroatoms. The maximum absolute atomic E-state index is 11.9. The Kier molecular flexibility index (Phi) is 8.20. The van der Waals surface area contributed by atoms with Crippen LogP contribution in [0.15, 0.2) is 54.6 Å². The second kappa shape index (κ2) is 12.3. The van der Waals surface area contributed by atoms with E-state index in [2.05, 4.69) is 57.2 Å². The van der Waals surface area contributed by atoms with Crippen molar-refractivity contribution in [2.45, 2.75) is 50.9 Å². The SMILES string of the molecule is O=C(OCN1c2nc(OCCCCN3CCN(c4cccc5ccccc45)CC3)ccc2CCC1O)OC1CC1. The highest BCUT2D eigenvalue weighted by molar-refractivity contribution is 5.94. The van der Waals surface area contributed by atoms with Crippen molar-refractivity contribution in [3.05, 3.63) is 60.2 Å². The van der Waals surface area contributed by atoms with E-state index in [9.17, 15) is 9.90 Å². The number of carbonyl (C=O) groups excluding carboxylic acids is 1. The third-order valence-corrected chi connectivity index (χ3v) is 7.94. The van der Waals surface area contributed by atoms with Gasteiger partial charge < -0.3 is 24.2 Å². The molecule has 0 bridgehead atoms. The molecule has 1 saturated heterocycles. The molecule has 40 heavy (non-hydrogen) atoms. The Morgan fingerprint density at radius 3 is 2.62 bits per heavy atom. The van der Waals surface area contributed by atoms with E-state index < -0.39 is 12.4 Å². The molecule has 212 valence electrons. The quantitative estimate of drug-likeness (QED) is 0.290. The van der Waals surface area contributed by atoms with Crippen LogP contribution in [0.25, 0.3) is 10.8 Å². The van der Waals surface area contributed by atoms with Gasteiger partial charge in [0.1, 0.15) is 18.1 Å². The van der Waals surface area contributed by atoms with Gasteiger partial charge in [0, 0.05) is 43.3 Å². The van der Waals surface area contributed by atoms with Gasteiger partial charge in [-0.2, -0.15) is 4.98 Å². The summed E-state index contributed by atoms with van der Waals surface area (Å²) in [5.74, 6) is 1.11. The molecule has 1 atom stereocenters. The van der Waals surface area contributed by atoms with Crippen LogP contribution < -0.4 is 14.5 Å². The second-order valence-electron chi connectivity index (χ2n) is 10.8. The van der Waals surface area contributed by atoms with Gasteiger partial charge in [0.25, 0.3) is 0 Å². The molecule has 2 fully saturated rings. The summed E-state index contributed by atoms with van der Waals surface area (Å²) < 4.78 is 16.3. The zero-order valence-electron chi connectivity index (χ0n) is 22.9. The van der Waals surface area contributed by atoms with Gasteiger partial charge in [-0.3, -0.25) is 9.80 Å². The summed E-state index contributed by atoms with van der Waals surface area (Å²) in [5, 5.41) is 13.1. The Morgan fingerprint density at radius 1 is 0.950 bits per heavy atom. The molecule has 0 radical (unpaired) electrons. The minimum absolute atomic E-state index is 0.0242. The fourth-order valence-electron chi connectivity index (χ4n) is 5.50. The zero-order valence-corrected chi connectivity index (χ0v) is 22.9. The molecule has 1 saturated carbocycles. The summed E-state index contributed by atoms with van der Waals surface area (Å²) in [6.07, 6.45) is 3.51. The number of fused-ring (bicyclic) bond motifs is 2. The van der Waals surface area contributed by atoms with Crippen LogP contribution in [-0.4, -0.2) is 79.5 Å². The van der Waals surface area contributed by atoms with Crippen LogP contribution in [0.5, 0.6) is 5.88 Å². The van der Waals surface area contributed by atoms with Gasteiger partial charge in [-0.25, -0.2) is 4.79 Å². The van der Waals surface area contributed by atoms with Crippen LogP contribution in [0.4, 0.5) is 16.3 Å². The number of piperazine rings is 1. The Bertz CT molecular complexity index is 1300. The summed E-state index contributed by atoms with van der Waals surface area (Å²) in [5.41, 5.74) is 2.33. The number of pyridine rings is 1. The number of hydrogen-bond donors (Lipinski definition) is 1. The van der Waals surface area contributed by atoms with E-state index in [4.69, 9.17) is 14.2 Å². The molecule has 2 aliphatic heterocycles. The monoisotopic (exact) mass is 546 g/mol. The van der Waals surface area contributed by atoms with Gasteiger partial charge in [0.2, 0.25) is 5.88 Å². The Labute approximate surface area is 235 Å². The summed E-state index contributed by atoms with van der Waals surface area (Å²) in [6.45, 7) is 5.72. The van der Waals surface area contributed by atoms with Crippen LogP contribution >= 0.6 is 0 Å². The van der Waals surface area contributed by atoms with Crippen molar-refractivity contribution in [1.82, 2.24) is 9.88 Å². The number of ether oxygens (including phenoxy) is 3. The standard InChI is InChI=1S/C31H38N4O5/c36-29-15-11-24-10-14-28(32-30(24)35(29)22-39-31(37)40-25-12-13-25)38-21-4-3-16-33-17-19-34(20-18-33)27-9-5-7-23-6-1-2-8-26(23)27/h1-2,5-10,14,25,29,36H,3-4,11-13,15-22H2. The summed E-state index contributed by atoms with van der Waals surface area (Å²) in [6, 6.07) is 19.0. The highest BCUT2D eigenvalue weighted by Gasteiger charge is 2.30. The molecule has 2 aromatic carbocycles. The normalized spacial score (nSPS) is 19.4. The molecule has 1 N–H and O–H groups in total. The van der Waals surface area contributed by atoms with E-state index in [1.54, 1.807) is 4.90 Å². The molecule has 3 aromatic rings. The van der Waals surface area contributed by atoms with Crippen molar-refractivity contribution in [3.8, 4) is 5.88 Å². The van der Waals surface area contributed by atoms with Gasteiger partial charge in [0.15, 0.2) is 6.73 Å². The average Bonchev–Trinajstić information content (AvgIpc) is 3.80. The summed E-state index contributed by atoms with van der Waals surface area (Å²) >= 11 is 0. The molecule has 6 rings (SSSR count). The average molecular weight is 547 g/mol. The molecule has 0 amide bonds. The van der Waals surface area contributed by atoms with E-state index in [1.807, 2.05) is 12.1 Å². The fourth-order valence-corrected chi connectivity index (χ4v) is 5.50. The minimum atomic E-state index is -0.773. The van der Waals surface area contributed by atoms with Gasteiger partial charge in [-0.05, 0) is 68.2 Å². The van der Waals surface area contributed by atoms with E-state index in [0.717, 1.165) is 64.0 Å². The third kappa shape index (κ3) is 6.42. The van der Waals surface area contributed by atoms with Crippen LogP contribution in [0.2, 0.25) is 0 Å². The molecule has 3 aliphatic rings. The number of aryl methyl sites for hydroxylation is 1. The lowest BCUT2D eigenvalue weighted by molar-refractivity contribution is 0.0371. The van der Waals surface area contributed by atoms with E-state index in [1.165, 1.54) is 16.5 Å². The lowest BCUT2D eigenvalue weighted by atomic mass is 10.1. The van der Waals surface area contributed by atoms with Crippen molar-refractivity contribution in [2.24, 2.45) is 0 Å². The highest BCUT2D eigenvalue weighted by Crippen LogP contribution is 2.31. The van der Waals surface area contributed by atoms with Crippen LogP contribution in [-0.2, 0) is 15.9 Å². The maximum Gasteiger partial charge on any atom is 0.510 e. The first-order chi connectivity index (χ1) is 19.6. The van der Waals surface area contributed by atoms with Crippen LogP contribution in [0.1, 0.15) is 37.7 Å². The van der Waals surface area contributed by atoms with Crippen molar-refractivity contribution in [1.29, 1.82) is 0 Å². The molecule has 9 nitrogen and oxygen atoms in total. The smallest absolute Gasteiger partial charge is 0.478 e. The number of unbranched alkanes of at least 4 members (excludes halogenated alkanes) is 1. The number of aliphatic hydroxyl groups excluding tert-OH is 1. The van der Waals surface area contributed by atoms with E-state index in [0.29, 0.717) is 31.1 Å². The molecule has 1 aliphatic carbocycles. The molecule has 1 aromatic heterocycles. The number of rotatable bonds is 10. The molecule has 1 unspecified atom stereocenters. The van der Waals surface area contributed by atoms with E-state index in [-0.39, 0.29) is 12.8 Å². The summed E-state index contributed by atoms with van der Waals surface area (Å²) in [7, 11) is 0. The molecule has 0 spiro atoms. The van der Waals surface area contributed by atoms with Gasteiger partial charge in [-0.15, -0.1) is 0 Å². The first-order valence-corrected chi connectivity index (χ1v) is 14.5. The number of aromatic nitrogens is 1. The highest BCUT2D eigenvalue weighted by atomic mass is 16.7. The van der Waals surface area contributed by atoms with Crippen molar-refractivity contribution in [3.63, 3.8) is 0 Å². The number of hydrogen-bond acceptors (Lipinski definition) is 9. The Hall–Kier alpha value is -3.56. The van der Waals surface area contributed by atoms with Crippen LogP contribution in [0.3, 0.4) is 0 Å². The first kappa shape index (κ1) is 26.7. The van der Waals surface area contributed by atoms with Gasteiger partial charge in [-0.1, -0.05) is 36.4 Å². The largest absolute Gasteiger partial charge is 0.510 e. The Morgan fingerprint density at radius 2 is 1.77 bits per heavy atom. The molecule has 3 heterocycles. The number of benzene rings is 2. The lowest BCUT2D eigenvalue weighted by Gasteiger charge is -2.36. The topological polar surface area (TPSA) is 87.6 Å². The van der Waals surface area contributed by atoms with Crippen LogP contribution in [0, 0.1) is 0 Å². The number of carbonyl (C=O) groups is 1. The lowest BCUT2D eigenvalue weighted by Crippen LogP contribution is -2.46. The summed E-state index contributed by atoms with van der Waals surface area (Å²) in [4.78, 5) is 23.1. The third-order valence-electron chi connectivity index (χ3n) is 7.94. The van der Waals surface area contributed by atoms with Crippen molar-refractivity contribution in [2.75, 3.05) is 55.9 Å². The van der Waals surface area contributed by atoms with Crippen molar-refractivity contribution >= 4 is 28.4 Å². The molecular weight excluding hydrogens is 508 g/mol. The molecular formula is C31H38N4O5. The minimum Gasteiger partial charge on any atom is -0.478 e. The van der Waals surface area contributed by atoms with E-state index >= 15 is 0 Å². The predicted octanol–water partition coefficient (Wildman–Crippen LogP) is 4.56. The van der Waals surface area contributed by atoms with Crippen molar-refractivity contribution < 1.29 is 24.1 Å².